The van der Waals surface area contributed by atoms with Gasteiger partial charge >= 0.3 is 0 Å². The molecule has 0 aliphatic heterocycles. The predicted octanol–water partition coefficient (Wildman–Crippen LogP) is 4.87. The van der Waals surface area contributed by atoms with Crippen molar-refractivity contribution in [3.63, 3.8) is 0 Å². The first-order valence-electron chi connectivity index (χ1n) is 8.52. The smallest absolute Gasteiger partial charge is 0.244 e. The average molecular weight is 349 g/mol. The van der Waals surface area contributed by atoms with E-state index in [0.717, 1.165) is 33.2 Å². The zero-order valence-electron chi connectivity index (χ0n) is 15.8. The Balaban J connectivity index is 2.21. The van der Waals surface area contributed by atoms with Crippen LogP contribution in [0.4, 0.5) is 0 Å². The molecule has 0 aliphatic rings. The van der Waals surface area contributed by atoms with E-state index < -0.39 is 0 Å². The summed E-state index contributed by atoms with van der Waals surface area (Å²) in [6.45, 7) is 6.08. The van der Waals surface area contributed by atoms with Crippen molar-refractivity contribution in [1.29, 1.82) is 0 Å². The highest BCUT2D eigenvalue weighted by Crippen LogP contribution is 2.38. The fraction of sp³-hybridized carbons (Fsp3) is 0.227. The molecular weight excluding hydrogens is 326 g/mol. The van der Waals surface area contributed by atoms with Crippen molar-refractivity contribution < 1.29 is 13.9 Å². The number of ether oxygens (including phenoxy) is 1. The van der Waals surface area contributed by atoms with Gasteiger partial charge in [0.2, 0.25) is 5.91 Å². The van der Waals surface area contributed by atoms with Gasteiger partial charge in [0.1, 0.15) is 11.3 Å². The lowest BCUT2D eigenvalue weighted by atomic mass is 9.96. The van der Waals surface area contributed by atoms with Gasteiger partial charge in [-0.05, 0) is 43.5 Å². The van der Waals surface area contributed by atoms with Crippen LogP contribution in [0, 0.1) is 13.8 Å². The van der Waals surface area contributed by atoms with E-state index in [-0.39, 0.29) is 5.91 Å². The lowest BCUT2D eigenvalue weighted by molar-refractivity contribution is -0.116. The van der Waals surface area contributed by atoms with E-state index in [0.29, 0.717) is 5.75 Å². The Morgan fingerprint density at radius 2 is 1.92 bits per heavy atom. The molecule has 3 aromatic rings. The first kappa shape index (κ1) is 17.8. The Morgan fingerprint density at radius 3 is 2.58 bits per heavy atom. The molecule has 0 atom stereocenters. The molecule has 1 heterocycles. The number of benzene rings is 2. The Kier molecular flexibility index (Phi) is 4.85. The molecule has 1 aromatic heterocycles. The molecule has 0 fully saturated rings. The van der Waals surface area contributed by atoms with Crippen LogP contribution >= 0.6 is 0 Å². The largest absolute Gasteiger partial charge is 0.496 e. The summed E-state index contributed by atoms with van der Waals surface area (Å²) in [6.07, 6.45) is 3.35. The molecule has 0 aliphatic carbocycles. The molecule has 0 unspecified atom stereocenters. The minimum Gasteiger partial charge on any atom is -0.496 e. The minimum absolute atomic E-state index is 0.147. The van der Waals surface area contributed by atoms with E-state index in [2.05, 4.69) is 37.4 Å². The molecule has 3 rings (SSSR count). The normalized spacial score (nSPS) is 11.7. The molecule has 4 nitrogen and oxygen atoms in total. The standard InChI is InChI=1S/C22H23NO3/c1-13-6-7-16(14(2)8-13)19-12-26-21-11-20(25-5)17(10-18(19)21)15(3)9-22(24)23-4/h6-12H,1-5H3,(H,23,24)/b15-9+. The molecule has 26 heavy (non-hydrogen) atoms. The summed E-state index contributed by atoms with van der Waals surface area (Å²) < 4.78 is 11.3. The number of carbonyl (C=O) groups is 1. The zero-order chi connectivity index (χ0) is 18.8. The van der Waals surface area contributed by atoms with Gasteiger partial charge in [-0.3, -0.25) is 4.79 Å². The third-order valence-corrected chi connectivity index (χ3v) is 4.59. The summed E-state index contributed by atoms with van der Waals surface area (Å²) in [5.41, 5.74) is 7.06. The van der Waals surface area contributed by atoms with Gasteiger partial charge in [-0.25, -0.2) is 0 Å². The van der Waals surface area contributed by atoms with Crippen LogP contribution in [0.25, 0.3) is 27.7 Å². The highest BCUT2D eigenvalue weighted by molar-refractivity contribution is 6.00. The number of likely N-dealkylation sites (N-methyl/N-ethyl adjacent to an activating group) is 1. The third-order valence-electron chi connectivity index (χ3n) is 4.59. The van der Waals surface area contributed by atoms with Gasteiger partial charge in [0.25, 0.3) is 0 Å². The number of fused-ring (bicyclic) bond motifs is 1. The third kappa shape index (κ3) is 3.23. The number of hydrogen-bond donors (Lipinski definition) is 1. The van der Waals surface area contributed by atoms with E-state index in [1.54, 1.807) is 26.5 Å². The lowest BCUT2D eigenvalue weighted by Crippen LogP contribution is -2.14. The van der Waals surface area contributed by atoms with E-state index in [4.69, 9.17) is 9.15 Å². The summed E-state index contributed by atoms with van der Waals surface area (Å²) in [5.74, 6) is 0.531. The molecule has 0 saturated heterocycles. The van der Waals surface area contributed by atoms with Crippen LogP contribution in [0.15, 0.2) is 47.1 Å². The monoisotopic (exact) mass is 349 g/mol. The van der Waals surface area contributed by atoms with E-state index >= 15 is 0 Å². The molecule has 0 radical (unpaired) electrons. The van der Waals surface area contributed by atoms with Crippen LogP contribution in [0.1, 0.15) is 23.6 Å². The maximum Gasteiger partial charge on any atom is 0.244 e. The number of furan rings is 1. The minimum atomic E-state index is -0.147. The van der Waals surface area contributed by atoms with Crippen molar-refractivity contribution in [3.05, 3.63) is 59.4 Å². The second kappa shape index (κ2) is 7.08. The molecule has 0 spiro atoms. The molecule has 2 aromatic carbocycles. The highest BCUT2D eigenvalue weighted by Gasteiger charge is 2.15. The zero-order valence-corrected chi connectivity index (χ0v) is 15.8. The van der Waals surface area contributed by atoms with Gasteiger partial charge in [0, 0.05) is 35.7 Å². The van der Waals surface area contributed by atoms with Gasteiger partial charge in [-0.2, -0.15) is 0 Å². The Labute approximate surface area is 153 Å². The Bertz CT molecular complexity index is 1010. The number of aryl methyl sites for hydroxylation is 2. The summed E-state index contributed by atoms with van der Waals surface area (Å²) in [6, 6.07) is 10.3. The number of allylic oxidation sites excluding steroid dienone is 1. The predicted molar refractivity (Wildman–Crippen MR) is 105 cm³/mol. The Morgan fingerprint density at radius 1 is 1.15 bits per heavy atom. The first-order valence-corrected chi connectivity index (χ1v) is 8.52. The fourth-order valence-corrected chi connectivity index (χ4v) is 3.20. The second-order valence-corrected chi connectivity index (χ2v) is 6.46. The number of rotatable bonds is 4. The quantitative estimate of drug-likeness (QED) is 0.683. The molecule has 134 valence electrons. The van der Waals surface area contributed by atoms with E-state index in [9.17, 15) is 4.79 Å². The van der Waals surface area contributed by atoms with E-state index in [1.807, 2.05) is 19.1 Å². The summed E-state index contributed by atoms with van der Waals surface area (Å²) in [7, 11) is 3.23. The van der Waals surface area contributed by atoms with Crippen molar-refractivity contribution in [3.8, 4) is 16.9 Å². The van der Waals surface area contributed by atoms with Crippen molar-refractivity contribution in [2.24, 2.45) is 0 Å². The van der Waals surface area contributed by atoms with Gasteiger partial charge in [0.15, 0.2) is 0 Å². The molecule has 0 bridgehead atoms. The molecule has 1 N–H and O–H groups in total. The van der Waals surface area contributed by atoms with Crippen LogP contribution < -0.4 is 10.1 Å². The summed E-state index contributed by atoms with van der Waals surface area (Å²) in [5, 5.41) is 3.61. The molecule has 1 amide bonds. The van der Waals surface area contributed by atoms with Gasteiger partial charge in [-0.1, -0.05) is 23.8 Å². The number of nitrogens with one attached hydrogen (secondary N) is 1. The van der Waals surface area contributed by atoms with Crippen LogP contribution in [-0.4, -0.2) is 20.1 Å². The van der Waals surface area contributed by atoms with Crippen molar-refractivity contribution in [2.75, 3.05) is 14.2 Å². The van der Waals surface area contributed by atoms with E-state index in [1.165, 1.54) is 11.1 Å². The topological polar surface area (TPSA) is 51.5 Å². The molecule has 4 heteroatoms. The summed E-state index contributed by atoms with van der Waals surface area (Å²) >= 11 is 0. The number of hydrogen-bond acceptors (Lipinski definition) is 3. The summed E-state index contributed by atoms with van der Waals surface area (Å²) in [4.78, 5) is 11.7. The van der Waals surface area contributed by atoms with Gasteiger partial charge in [0.05, 0.1) is 13.4 Å². The number of amides is 1. The van der Waals surface area contributed by atoms with Crippen LogP contribution in [0.2, 0.25) is 0 Å². The molecular formula is C22H23NO3. The first-order chi connectivity index (χ1) is 12.4. The number of carbonyl (C=O) groups excluding carboxylic acids is 1. The van der Waals surface area contributed by atoms with Crippen LogP contribution in [0.5, 0.6) is 5.75 Å². The number of methoxy groups -OCH3 is 1. The van der Waals surface area contributed by atoms with Crippen molar-refractivity contribution >= 4 is 22.4 Å². The van der Waals surface area contributed by atoms with Crippen LogP contribution in [0.3, 0.4) is 0 Å². The lowest BCUT2D eigenvalue weighted by Gasteiger charge is -2.10. The fourth-order valence-electron chi connectivity index (χ4n) is 3.20. The van der Waals surface area contributed by atoms with Crippen molar-refractivity contribution in [2.45, 2.75) is 20.8 Å². The SMILES string of the molecule is CNC(=O)/C=C(\C)c1cc2c(-c3ccc(C)cc3C)coc2cc1OC. The maximum absolute atomic E-state index is 11.7. The molecule has 0 saturated carbocycles. The second-order valence-electron chi connectivity index (χ2n) is 6.46. The van der Waals surface area contributed by atoms with Gasteiger partial charge in [-0.15, -0.1) is 0 Å². The van der Waals surface area contributed by atoms with Crippen molar-refractivity contribution in [1.82, 2.24) is 5.32 Å². The maximum atomic E-state index is 11.7. The van der Waals surface area contributed by atoms with Gasteiger partial charge < -0.3 is 14.5 Å². The highest BCUT2D eigenvalue weighted by atomic mass is 16.5. The Hall–Kier alpha value is -3.01. The van der Waals surface area contributed by atoms with Crippen LogP contribution in [-0.2, 0) is 4.79 Å². The average Bonchev–Trinajstić information content (AvgIpc) is 3.03.